The summed E-state index contributed by atoms with van der Waals surface area (Å²) in [7, 11) is 1.04. The van der Waals surface area contributed by atoms with E-state index in [0.29, 0.717) is 5.76 Å². The average Bonchev–Trinajstić information content (AvgIpc) is 3.28. The number of amides is 1. The molecule has 0 saturated heterocycles. The Morgan fingerprint density at radius 1 is 1.12 bits per heavy atom. The summed E-state index contributed by atoms with van der Waals surface area (Å²) >= 11 is 6.19. The lowest BCUT2D eigenvalue weighted by Gasteiger charge is -2.23. The molecule has 1 atom stereocenters. The predicted octanol–water partition coefficient (Wildman–Crippen LogP) is 3.93. The number of nitrogens with zero attached hydrogens (tertiary/aromatic N) is 2. The highest BCUT2D eigenvalue weighted by Gasteiger charge is 2.25. The normalized spacial score (nSPS) is 12.6. The first-order chi connectivity index (χ1) is 15.1. The minimum atomic E-state index is -4.01. The molecule has 0 fully saturated rings. The standard InChI is InChI=1S/C22H23ClFN3O4S/c1-26(2)20(21-5-4-12-31-21)14-25-22(28)18-13-17(10-11-19(18)23)32(29,30)27(3)16-8-6-15(24)7-9-16/h4-13,20H,14H2,1-3H3,(H,25,28)/t20-/m0/s1. The van der Waals surface area contributed by atoms with Crippen LogP contribution in [0.25, 0.3) is 0 Å². The molecule has 0 unspecified atom stereocenters. The zero-order chi connectivity index (χ0) is 23.5. The second-order valence-corrected chi connectivity index (χ2v) is 9.67. The maximum atomic E-state index is 13.2. The van der Waals surface area contributed by atoms with Crippen molar-refractivity contribution in [1.82, 2.24) is 10.2 Å². The largest absolute Gasteiger partial charge is 0.468 e. The van der Waals surface area contributed by atoms with Gasteiger partial charge in [0.2, 0.25) is 0 Å². The van der Waals surface area contributed by atoms with Crippen molar-refractivity contribution in [2.75, 3.05) is 32.0 Å². The number of likely N-dealkylation sites (N-methyl/N-ethyl adjacent to an activating group) is 1. The summed E-state index contributed by atoms with van der Waals surface area (Å²) in [6.45, 7) is 0.224. The Morgan fingerprint density at radius 2 is 1.81 bits per heavy atom. The second kappa shape index (κ2) is 9.72. The lowest BCUT2D eigenvalue weighted by atomic mass is 10.1. The molecule has 0 aliphatic rings. The number of sulfonamides is 1. The van der Waals surface area contributed by atoms with Crippen LogP contribution in [-0.2, 0) is 10.0 Å². The Kier molecular flexibility index (Phi) is 7.22. The molecule has 0 radical (unpaired) electrons. The van der Waals surface area contributed by atoms with Crippen molar-refractivity contribution in [1.29, 1.82) is 0 Å². The smallest absolute Gasteiger partial charge is 0.264 e. The SMILES string of the molecule is CN(C)[C@@H](CNC(=O)c1cc(S(=O)(=O)N(C)c2ccc(F)cc2)ccc1Cl)c1ccco1. The van der Waals surface area contributed by atoms with Crippen molar-refractivity contribution in [3.05, 3.63) is 83.0 Å². The summed E-state index contributed by atoms with van der Waals surface area (Å²) in [5.74, 6) is -0.316. The van der Waals surface area contributed by atoms with E-state index in [2.05, 4.69) is 5.32 Å². The van der Waals surface area contributed by atoms with Gasteiger partial charge in [0.05, 0.1) is 33.5 Å². The van der Waals surface area contributed by atoms with Crippen molar-refractivity contribution in [2.24, 2.45) is 0 Å². The fourth-order valence-electron chi connectivity index (χ4n) is 3.09. The van der Waals surface area contributed by atoms with Crippen LogP contribution in [0.2, 0.25) is 5.02 Å². The maximum Gasteiger partial charge on any atom is 0.264 e. The van der Waals surface area contributed by atoms with Gasteiger partial charge in [0, 0.05) is 13.6 Å². The predicted molar refractivity (Wildman–Crippen MR) is 121 cm³/mol. The Morgan fingerprint density at radius 3 is 2.41 bits per heavy atom. The van der Waals surface area contributed by atoms with Crippen LogP contribution in [0.5, 0.6) is 0 Å². The fourth-order valence-corrected chi connectivity index (χ4v) is 4.52. The van der Waals surface area contributed by atoms with Crippen LogP contribution in [0, 0.1) is 5.82 Å². The first kappa shape index (κ1) is 23.8. The lowest BCUT2D eigenvalue weighted by molar-refractivity contribution is 0.0939. The number of halogens is 2. The zero-order valence-corrected chi connectivity index (χ0v) is 19.3. The van der Waals surface area contributed by atoms with E-state index in [4.69, 9.17) is 16.0 Å². The lowest BCUT2D eigenvalue weighted by Crippen LogP contribution is -2.34. The van der Waals surface area contributed by atoms with Gasteiger partial charge in [-0.05, 0) is 68.7 Å². The number of hydrogen-bond acceptors (Lipinski definition) is 5. The van der Waals surface area contributed by atoms with E-state index < -0.39 is 21.7 Å². The molecule has 2 aromatic carbocycles. The number of carbonyl (C=O) groups excluding carboxylic acids is 1. The number of furan rings is 1. The van der Waals surface area contributed by atoms with Gasteiger partial charge in [-0.1, -0.05) is 11.6 Å². The van der Waals surface area contributed by atoms with Gasteiger partial charge in [-0.15, -0.1) is 0 Å². The molecular weight excluding hydrogens is 457 g/mol. The number of rotatable bonds is 8. The third-order valence-electron chi connectivity index (χ3n) is 4.98. The van der Waals surface area contributed by atoms with Crippen molar-refractivity contribution in [3.63, 3.8) is 0 Å². The maximum absolute atomic E-state index is 13.2. The molecule has 3 rings (SSSR count). The molecule has 0 bridgehead atoms. The van der Waals surface area contributed by atoms with Crippen LogP contribution in [0.15, 0.2) is 70.2 Å². The first-order valence-corrected chi connectivity index (χ1v) is 11.4. The molecule has 0 aliphatic carbocycles. The van der Waals surface area contributed by atoms with Crippen LogP contribution >= 0.6 is 11.6 Å². The van der Waals surface area contributed by atoms with Gasteiger partial charge in [-0.2, -0.15) is 0 Å². The van der Waals surface area contributed by atoms with Gasteiger partial charge in [0.25, 0.3) is 15.9 Å². The molecule has 170 valence electrons. The molecule has 3 aromatic rings. The van der Waals surface area contributed by atoms with Crippen LogP contribution in [0.4, 0.5) is 10.1 Å². The number of benzene rings is 2. The highest BCUT2D eigenvalue weighted by molar-refractivity contribution is 7.92. The summed E-state index contributed by atoms with van der Waals surface area (Å²) in [4.78, 5) is 14.6. The molecule has 0 spiro atoms. The number of carbonyl (C=O) groups is 1. The minimum Gasteiger partial charge on any atom is -0.468 e. The van der Waals surface area contributed by atoms with Gasteiger partial charge >= 0.3 is 0 Å². The van der Waals surface area contributed by atoms with Crippen LogP contribution in [0.3, 0.4) is 0 Å². The van der Waals surface area contributed by atoms with Gasteiger partial charge in [-0.25, -0.2) is 12.8 Å². The topological polar surface area (TPSA) is 82.9 Å². The van der Waals surface area contributed by atoms with Crippen LogP contribution in [0.1, 0.15) is 22.2 Å². The highest BCUT2D eigenvalue weighted by atomic mass is 35.5. The third kappa shape index (κ3) is 5.12. The summed E-state index contributed by atoms with van der Waals surface area (Å²) in [6, 6.07) is 12.3. The van der Waals surface area contributed by atoms with E-state index in [9.17, 15) is 17.6 Å². The van der Waals surface area contributed by atoms with Gasteiger partial charge in [0.15, 0.2) is 0 Å². The van der Waals surface area contributed by atoms with Crippen molar-refractivity contribution in [3.8, 4) is 0 Å². The summed E-state index contributed by atoms with van der Waals surface area (Å²) < 4.78 is 45.7. The third-order valence-corrected chi connectivity index (χ3v) is 7.09. The first-order valence-electron chi connectivity index (χ1n) is 9.63. The summed E-state index contributed by atoms with van der Waals surface area (Å²) in [5, 5.41) is 2.90. The monoisotopic (exact) mass is 479 g/mol. The average molecular weight is 480 g/mol. The van der Waals surface area contributed by atoms with E-state index in [1.165, 1.54) is 49.5 Å². The minimum absolute atomic E-state index is 0.0252. The molecule has 32 heavy (non-hydrogen) atoms. The van der Waals surface area contributed by atoms with E-state index in [0.717, 1.165) is 4.31 Å². The molecular formula is C22H23ClFN3O4S. The van der Waals surface area contributed by atoms with E-state index in [1.807, 2.05) is 25.1 Å². The number of anilines is 1. The Bertz CT molecular complexity index is 1180. The van der Waals surface area contributed by atoms with Crippen molar-refractivity contribution < 1.29 is 22.0 Å². The van der Waals surface area contributed by atoms with E-state index in [-0.39, 0.29) is 33.8 Å². The van der Waals surface area contributed by atoms with Crippen molar-refractivity contribution in [2.45, 2.75) is 10.9 Å². The van der Waals surface area contributed by atoms with E-state index >= 15 is 0 Å². The summed E-state index contributed by atoms with van der Waals surface area (Å²) in [6.07, 6.45) is 1.55. The van der Waals surface area contributed by atoms with Crippen LogP contribution < -0.4 is 9.62 Å². The fraction of sp³-hybridized carbons (Fsp3) is 0.227. The summed E-state index contributed by atoms with van der Waals surface area (Å²) in [5.41, 5.74) is 0.303. The van der Waals surface area contributed by atoms with Crippen molar-refractivity contribution >= 4 is 33.2 Å². The number of nitrogens with one attached hydrogen (secondary N) is 1. The molecule has 10 heteroatoms. The Balaban J connectivity index is 1.83. The highest BCUT2D eigenvalue weighted by Crippen LogP contribution is 2.26. The molecule has 0 aliphatic heterocycles. The molecule has 1 N–H and O–H groups in total. The number of hydrogen-bond donors (Lipinski definition) is 1. The Labute approximate surface area is 191 Å². The molecule has 1 aromatic heterocycles. The van der Waals surface area contributed by atoms with Gasteiger partial charge in [-0.3, -0.25) is 14.0 Å². The molecule has 1 heterocycles. The molecule has 7 nitrogen and oxygen atoms in total. The zero-order valence-electron chi connectivity index (χ0n) is 17.7. The molecule has 1 amide bonds. The van der Waals surface area contributed by atoms with E-state index in [1.54, 1.807) is 12.3 Å². The van der Waals surface area contributed by atoms with Gasteiger partial charge < -0.3 is 9.73 Å². The quantitative estimate of drug-likeness (QED) is 0.529. The molecule has 0 saturated carbocycles. The van der Waals surface area contributed by atoms with Crippen LogP contribution in [-0.4, -0.2) is 46.9 Å². The Hall–Kier alpha value is -2.88. The second-order valence-electron chi connectivity index (χ2n) is 7.30. The van der Waals surface area contributed by atoms with Gasteiger partial charge in [0.1, 0.15) is 11.6 Å².